The van der Waals surface area contributed by atoms with Crippen molar-refractivity contribution in [3.8, 4) is 0 Å². The van der Waals surface area contributed by atoms with Crippen LogP contribution in [0.15, 0.2) is 91.0 Å². The summed E-state index contributed by atoms with van der Waals surface area (Å²) in [7, 11) is 0. The van der Waals surface area contributed by atoms with E-state index in [-0.39, 0.29) is 26.1 Å². The molecule has 0 heterocycles. The smallest absolute Gasteiger partial charge is 0.308 e. The van der Waals surface area contributed by atoms with Crippen LogP contribution >= 0.6 is 0 Å². The Kier molecular flexibility index (Phi) is 9.19. The molecule has 0 aliphatic heterocycles. The van der Waals surface area contributed by atoms with Crippen LogP contribution in [-0.4, -0.2) is 41.6 Å². The summed E-state index contributed by atoms with van der Waals surface area (Å²) in [6.07, 6.45) is -1.50. The number of rotatable bonds is 12. The zero-order chi connectivity index (χ0) is 23.5. The fraction of sp³-hybridized carbons (Fsp3) is 0.321. The van der Waals surface area contributed by atoms with Crippen molar-refractivity contribution in [2.45, 2.75) is 44.0 Å². The number of hydrogen-bond acceptors (Lipinski definition) is 5. The van der Waals surface area contributed by atoms with Crippen LogP contribution in [0.3, 0.4) is 0 Å². The summed E-state index contributed by atoms with van der Waals surface area (Å²) in [4.78, 5) is 11.6. The van der Waals surface area contributed by atoms with E-state index < -0.39 is 23.8 Å². The van der Waals surface area contributed by atoms with E-state index in [0.717, 1.165) is 16.7 Å². The van der Waals surface area contributed by atoms with Gasteiger partial charge < -0.3 is 19.7 Å². The second kappa shape index (κ2) is 12.3. The van der Waals surface area contributed by atoms with Gasteiger partial charge in [0.25, 0.3) is 0 Å². The third kappa shape index (κ3) is 6.51. The molecule has 0 spiro atoms. The standard InChI is InChI=1S/C28H32O5/c1-2-32-27(31)21-26(30)20-25(29)18-19-33-28(22-12-6-3-7-13-22,23-14-8-4-9-15-23)24-16-10-5-11-17-24/h3-17,25-26,29-30H,2,18-21H2,1H3. The molecule has 0 amide bonds. The Balaban J connectivity index is 1.81. The second-order valence-electron chi connectivity index (χ2n) is 7.97. The molecule has 0 saturated carbocycles. The SMILES string of the molecule is CCOC(=O)CC(O)CC(O)CCOC(c1ccccc1)(c1ccccc1)c1ccccc1. The van der Waals surface area contributed by atoms with Crippen molar-refractivity contribution in [3.05, 3.63) is 108 Å². The largest absolute Gasteiger partial charge is 0.466 e. The monoisotopic (exact) mass is 448 g/mol. The van der Waals surface area contributed by atoms with E-state index >= 15 is 0 Å². The first-order valence-corrected chi connectivity index (χ1v) is 11.4. The summed E-state index contributed by atoms with van der Waals surface area (Å²) in [5, 5.41) is 20.6. The van der Waals surface area contributed by atoms with Crippen molar-refractivity contribution in [3.63, 3.8) is 0 Å². The van der Waals surface area contributed by atoms with Crippen molar-refractivity contribution in [1.82, 2.24) is 0 Å². The number of aliphatic hydroxyl groups excluding tert-OH is 2. The van der Waals surface area contributed by atoms with Crippen molar-refractivity contribution in [1.29, 1.82) is 0 Å². The number of hydrogen-bond donors (Lipinski definition) is 2. The molecule has 2 atom stereocenters. The molecule has 2 N–H and O–H groups in total. The zero-order valence-electron chi connectivity index (χ0n) is 19.0. The lowest BCUT2D eigenvalue weighted by Gasteiger charge is -2.36. The van der Waals surface area contributed by atoms with Gasteiger partial charge in [-0.15, -0.1) is 0 Å². The summed E-state index contributed by atoms with van der Waals surface area (Å²) < 4.78 is 11.5. The molecule has 174 valence electrons. The molecule has 3 aromatic carbocycles. The molecule has 0 aliphatic carbocycles. The van der Waals surface area contributed by atoms with Crippen LogP contribution in [-0.2, 0) is 19.9 Å². The lowest BCUT2D eigenvalue weighted by atomic mass is 9.80. The minimum Gasteiger partial charge on any atom is -0.466 e. The Morgan fingerprint density at radius 3 is 1.67 bits per heavy atom. The molecular weight excluding hydrogens is 416 g/mol. The van der Waals surface area contributed by atoms with Gasteiger partial charge in [-0.05, 0) is 36.5 Å². The zero-order valence-corrected chi connectivity index (χ0v) is 19.0. The molecule has 0 bridgehead atoms. The summed E-state index contributed by atoms with van der Waals surface area (Å²) in [5.41, 5.74) is 2.10. The van der Waals surface area contributed by atoms with E-state index in [1.807, 2.05) is 91.0 Å². The maximum atomic E-state index is 11.6. The van der Waals surface area contributed by atoms with Gasteiger partial charge in [0, 0.05) is 0 Å². The van der Waals surface area contributed by atoms with Crippen molar-refractivity contribution < 1.29 is 24.5 Å². The molecule has 0 aliphatic rings. The van der Waals surface area contributed by atoms with Crippen molar-refractivity contribution in [2.75, 3.05) is 13.2 Å². The van der Waals surface area contributed by atoms with Gasteiger partial charge in [-0.25, -0.2) is 0 Å². The van der Waals surface area contributed by atoms with Gasteiger partial charge >= 0.3 is 5.97 Å². The average Bonchev–Trinajstić information content (AvgIpc) is 2.83. The fourth-order valence-corrected chi connectivity index (χ4v) is 4.04. The Hall–Kier alpha value is -2.99. The Morgan fingerprint density at radius 2 is 1.24 bits per heavy atom. The summed E-state index contributed by atoms with van der Waals surface area (Å²) >= 11 is 0. The van der Waals surface area contributed by atoms with E-state index in [2.05, 4.69) is 0 Å². The second-order valence-corrected chi connectivity index (χ2v) is 7.97. The molecule has 3 rings (SSSR count). The number of esters is 1. The predicted molar refractivity (Wildman–Crippen MR) is 128 cm³/mol. The molecular formula is C28H32O5. The normalized spacial score (nSPS) is 13.3. The number of benzene rings is 3. The molecule has 0 saturated heterocycles. The molecule has 0 fully saturated rings. The van der Waals surface area contributed by atoms with Crippen LogP contribution < -0.4 is 0 Å². The van der Waals surface area contributed by atoms with E-state index in [0.29, 0.717) is 6.42 Å². The highest BCUT2D eigenvalue weighted by molar-refractivity contribution is 5.69. The van der Waals surface area contributed by atoms with Gasteiger partial charge in [-0.1, -0.05) is 91.0 Å². The van der Waals surface area contributed by atoms with Crippen LogP contribution in [0.5, 0.6) is 0 Å². The Morgan fingerprint density at radius 1 is 0.788 bits per heavy atom. The quantitative estimate of drug-likeness (QED) is 0.316. The Bertz CT molecular complexity index is 863. The van der Waals surface area contributed by atoms with Crippen LogP contribution in [0.1, 0.15) is 42.9 Å². The minimum absolute atomic E-state index is 0.0805. The summed E-state index contributed by atoms with van der Waals surface area (Å²) in [6.45, 7) is 2.24. The number of carbonyl (C=O) groups is 1. The lowest BCUT2D eigenvalue weighted by molar-refractivity contribution is -0.145. The minimum atomic E-state index is -0.957. The number of carbonyl (C=O) groups excluding carboxylic acids is 1. The predicted octanol–water partition coefficient (Wildman–Crippen LogP) is 4.45. The molecule has 3 aromatic rings. The first kappa shape index (κ1) is 24.6. The van der Waals surface area contributed by atoms with Gasteiger partial charge in [0.2, 0.25) is 0 Å². The fourth-order valence-electron chi connectivity index (χ4n) is 4.04. The highest BCUT2D eigenvalue weighted by Crippen LogP contribution is 2.40. The van der Waals surface area contributed by atoms with Gasteiger partial charge in [0.05, 0.1) is 31.8 Å². The van der Waals surface area contributed by atoms with Crippen molar-refractivity contribution >= 4 is 5.97 Å². The van der Waals surface area contributed by atoms with Crippen LogP contribution in [0, 0.1) is 0 Å². The molecule has 33 heavy (non-hydrogen) atoms. The van der Waals surface area contributed by atoms with E-state index in [1.165, 1.54) is 0 Å². The van der Waals surface area contributed by atoms with Crippen LogP contribution in [0.25, 0.3) is 0 Å². The average molecular weight is 449 g/mol. The molecule has 0 radical (unpaired) electrons. The van der Waals surface area contributed by atoms with Crippen LogP contribution in [0.4, 0.5) is 0 Å². The number of aliphatic hydroxyl groups is 2. The van der Waals surface area contributed by atoms with E-state index in [9.17, 15) is 15.0 Å². The van der Waals surface area contributed by atoms with Gasteiger partial charge in [-0.2, -0.15) is 0 Å². The maximum Gasteiger partial charge on any atom is 0.308 e. The third-order valence-corrected chi connectivity index (χ3v) is 5.56. The number of ether oxygens (including phenoxy) is 2. The van der Waals surface area contributed by atoms with Gasteiger partial charge in [-0.3, -0.25) is 4.79 Å². The molecule has 5 heteroatoms. The lowest BCUT2D eigenvalue weighted by Crippen LogP contribution is -2.34. The maximum absolute atomic E-state index is 11.6. The van der Waals surface area contributed by atoms with E-state index in [4.69, 9.17) is 9.47 Å². The first-order chi connectivity index (χ1) is 16.1. The van der Waals surface area contributed by atoms with Gasteiger partial charge in [0.15, 0.2) is 0 Å². The van der Waals surface area contributed by atoms with Crippen LogP contribution in [0.2, 0.25) is 0 Å². The molecule has 0 aromatic heterocycles. The third-order valence-electron chi connectivity index (χ3n) is 5.56. The molecule has 5 nitrogen and oxygen atoms in total. The first-order valence-electron chi connectivity index (χ1n) is 11.4. The highest BCUT2D eigenvalue weighted by atomic mass is 16.5. The van der Waals surface area contributed by atoms with Gasteiger partial charge in [0.1, 0.15) is 5.60 Å². The van der Waals surface area contributed by atoms with E-state index in [1.54, 1.807) is 6.92 Å². The molecule has 2 unspecified atom stereocenters. The summed E-state index contributed by atoms with van der Waals surface area (Å²) in [6, 6.07) is 30.1. The summed E-state index contributed by atoms with van der Waals surface area (Å²) in [5.74, 6) is -0.468. The Labute approximate surface area is 195 Å². The topological polar surface area (TPSA) is 76.0 Å². The van der Waals surface area contributed by atoms with Crippen molar-refractivity contribution in [2.24, 2.45) is 0 Å². The highest BCUT2D eigenvalue weighted by Gasteiger charge is 2.37.